The molecule has 1 saturated heterocycles. The van der Waals surface area contributed by atoms with E-state index in [4.69, 9.17) is 21.3 Å². The van der Waals surface area contributed by atoms with Gasteiger partial charge in [0.1, 0.15) is 16.8 Å². The van der Waals surface area contributed by atoms with Crippen LogP contribution in [0.25, 0.3) is 16.7 Å². The number of ether oxygens (including phenoxy) is 1. The highest BCUT2D eigenvalue weighted by molar-refractivity contribution is 8.00. The second kappa shape index (κ2) is 15.2. The summed E-state index contributed by atoms with van der Waals surface area (Å²) < 4.78 is 32.8. The molecule has 2 fully saturated rings. The molecule has 2 aromatic heterocycles. The number of hydrogen-bond donors (Lipinski definition) is 4. The Labute approximate surface area is 255 Å². The first kappa shape index (κ1) is 32.3. The Balaban J connectivity index is 1.66. The minimum atomic E-state index is -2.82. The van der Waals surface area contributed by atoms with E-state index in [0.717, 1.165) is 38.8 Å². The number of methoxy groups -OCH3 is 1. The normalized spacial score (nSPS) is 17.9. The third kappa shape index (κ3) is 8.96. The van der Waals surface area contributed by atoms with E-state index in [1.807, 2.05) is 6.92 Å². The van der Waals surface area contributed by atoms with E-state index in [9.17, 15) is 13.6 Å². The first-order valence-corrected chi connectivity index (χ1v) is 15.1. The van der Waals surface area contributed by atoms with E-state index >= 15 is 0 Å². The number of hydrogen-bond acceptors (Lipinski definition) is 10. The van der Waals surface area contributed by atoms with E-state index in [-0.39, 0.29) is 28.3 Å². The van der Waals surface area contributed by atoms with Gasteiger partial charge < -0.3 is 20.7 Å². The van der Waals surface area contributed by atoms with Crippen molar-refractivity contribution in [2.45, 2.75) is 55.8 Å². The Hall–Kier alpha value is -3.57. The number of likely N-dealkylation sites (tertiary alicyclic amines) is 1. The number of aromatic nitrogens is 2. The summed E-state index contributed by atoms with van der Waals surface area (Å²) in [5, 5.41) is 2.15. The first-order valence-electron chi connectivity index (χ1n) is 14.1. The molecule has 230 valence electrons. The molecule has 43 heavy (non-hydrogen) atoms. The Morgan fingerprint density at radius 2 is 1.95 bits per heavy atom. The number of amides is 1. The third-order valence-corrected chi connectivity index (χ3v) is 8.23. The molecule has 2 aromatic rings. The molecule has 4 rings (SSSR count). The maximum absolute atomic E-state index is 13.7. The lowest BCUT2D eigenvalue weighted by Crippen LogP contribution is -2.37. The maximum Gasteiger partial charge on any atom is 0.280 e. The number of piperidine rings is 1. The number of carbonyl (C=O) groups is 1. The highest BCUT2D eigenvalue weighted by Crippen LogP contribution is 2.36. The third-order valence-electron chi connectivity index (χ3n) is 7.18. The molecular weight excluding hydrogens is 574 g/mol. The minimum absolute atomic E-state index is 0.157. The fourth-order valence-electron chi connectivity index (χ4n) is 4.53. The summed E-state index contributed by atoms with van der Waals surface area (Å²) in [7, 11) is 3.49. The number of nitrogens with two attached hydrogens (primary N) is 2. The molecular formula is C30H38F2N8O2S. The van der Waals surface area contributed by atoms with E-state index in [1.54, 1.807) is 12.3 Å². The van der Waals surface area contributed by atoms with Crippen molar-refractivity contribution >= 4 is 29.5 Å². The van der Waals surface area contributed by atoms with Gasteiger partial charge in [-0.1, -0.05) is 11.8 Å². The monoisotopic (exact) mass is 612 g/mol. The molecule has 13 heteroatoms. The average molecular weight is 613 g/mol. The van der Waals surface area contributed by atoms with Crippen LogP contribution >= 0.6 is 11.8 Å². The summed E-state index contributed by atoms with van der Waals surface area (Å²) in [6, 6.07) is 3.01. The SMILES string of the molecule is COc1cnc(C(F)F)cc1-c1cc(/C(C=NC2CCN(C)CC2)=C/N)ncc1C(=O)NC(C)SC(C#CC1CC1)NN. The van der Waals surface area contributed by atoms with Gasteiger partial charge in [0.15, 0.2) is 0 Å². The molecule has 2 unspecified atom stereocenters. The van der Waals surface area contributed by atoms with Crippen LogP contribution in [0.1, 0.15) is 60.8 Å². The molecule has 3 heterocycles. The number of nitrogens with one attached hydrogen (secondary N) is 2. The van der Waals surface area contributed by atoms with Crippen molar-refractivity contribution < 1.29 is 18.3 Å². The minimum Gasteiger partial charge on any atom is -0.494 e. The molecule has 2 aliphatic rings. The summed E-state index contributed by atoms with van der Waals surface area (Å²) in [5.74, 6) is 12.1. The molecule has 0 aromatic carbocycles. The Morgan fingerprint density at radius 3 is 2.58 bits per heavy atom. The van der Waals surface area contributed by atoms with Crippen LogP contribution in [0.3, 0.4) is 0 Å². The van der Waals surface area contributed by atoms with Crippen molar-refractivity contribution in [3.63, 3.8) is 0 Å². The fraction of sp³-hybridized carbons (Fsp3) is 0.467. The molecule has 1 saturated carbocycles. The van der Waals surface area contributed by atoms with Crippen molar-refractivity contribution in [3.8, 4) is 28.7 Å². The quantitative estimate of drug-likeness (QED) is 0.0985. The van der Waals surface area contributed by atoms with Crippen LogP contribution in [0, 0.1) is 17.8 Å². The van der Waals surface area contributed by atoms with Crippen molar-refractivity contribution in [2.24, 2.45) is 22.5 Å². The zero-order valence-corrected chi connectivity index (χ0v) is 25.3. The number of pyridine rings is 2. The molecule has 2 atom stereocenters. The van der Waals surface area contributed by atoms with E-state index in [0.29, 0.717) is 22.7 Å². The molecule has 0 bridgehead atoms. The van der Waals surface area contributed by atoms with Gasteiger partial charge in [-0.25, -0.2) is 14.2 Å². The van der Waals surface area contributed by atoms with Gasteiger partial charge in [0.2, 0.25) is 0 Å². The molecule has 6 N–H and O–H groups in total. The summed E-state index contributed by atoms with van der Waals surface area (Å²) in [5.41, 5.74) is 9.90. The molecule has 1 aliphatic carbocycles. The number of hydrazine groups is 1. The highest BCUT2D eigenvalue weighted by Gasteiger charge is 2.24. The first-order chi connectivity index (χ1) is 20.7. The fourth-order valence-corrected chi connectivity index (χ4v) is 5.33. The second-order valence-corrected chi connectivity index (χ2v) is 12.0. The number of alkyl halides is 2. The standard InChI is InChI=1S/C30H38F2N8O2S/c1-18(43-28(39-34)7-6-19-4-5-19)38-30(41)24-16-36-25(20(14-33)15-35-21-8-10-40(2)11-9-21)12-22(24)23-13-26(29(31)32)37-17-27(23)42-3/h12-19,21,28-29,39H,4-5,8-11,33-34H2,1-3H3,(H,38,41)/b20-14+,35-15?. The summed E-state index contributed by atoms with van der Waals surface area (Å²) in [6.45, 7) is 3.72. The van der Waals surface area contributed by atoms with Crippen LogP contribution in [0.2, 0.25) is 0 Å². The lowest BCUT2D eigenvalue weighted by atomic mass is 9.97. The number of thioether (sulfide) groups is 1. The number of halogens is 2. The average Bonchev–Trinajstić information content (AvgIpc) is 3.84. The predicted molar refractivity (Wildman–Crippen MR) is 166 cm³/mol. The molecule has 0 spiro atoms. The number of aliphatic imine (C=N–C) groups is 1. The predicted octanol–water partition coefficient (Wildman–Crippen LogP) is 3.57. The Kier molecular flexibility index (Phi) is 11.5. The van der Waals surface area contributed by atoms with Crippen LogP contribution in [0.4, 0.5) is 8.78 Å². The van der Waals surface area contributed by atoms with Crippen molar-refractivity contribution in [3.05, 3.63) is 47.7 Å². The van der Waals surface area contributed by atoms with Gasteiger partial charge in [-0.05, 0) is 64.9 Å². The zero-order chi connectivity index (χ0) is 30.9. The molecule has 1 aliphatic heterocycles. The van der Waals surface area contributed by atoms with Crippen LogP contribution in [0.5, 0.6) is 5.75 Å². The van der Waals surface area contributed by atoms with Crippen LogP contribution in [-0.2, 0) is 0 Å². The van der Waals surface area contributed by atoms with Crippen molar-refractivity contribution in [2.75, 3.05) is 27.2 Å². The Bertz CT molecular complexity index is 1400. The van der Waals surface area contributed by atoms with E-state index < -0.39 is 23.4 Å². The van der Waals surface area contributed by atoms with Gasteiger partial charge in [0.25, 0.3) is 12.3 Å². The van der Waals surface area contributed by atoms with Crippen LogP contribution in [0.15, 0.2) is 35.7 Å². The maximum atomic E-state index is 13.7. The second-order valence-electron chi connectivity index (χ2n) is 10.5. The van der Waals surface area contributed by atoms with Gasteiger partial charge >= 0.3 is 0 Å². The number of allylic oxidation sites excluding steroid dienone is 1. The number of rotatable bonds is 11. The highest BCUT2D eigenvalue weighted by atomic mass is 32.2. The van der Waals surface area contributed by atoms with Crippen LogP contribution < -0.4 is 27.1 Å². The van der Waals surface area contributed by atoms with Gasteiger partial charge in [0, 0.05) is 41.2 Å². The lowest BCUT2D eigenvalue weighted by Gasteiger charge is -2.26. The van der Waals surface area contributed by atoms with Crippen LogP contribution in [-0.4, -0.2) is 71.0 Å². The molecule has 10 nitrogen and oxygen atoms in total. The number of carbonyl (C=O) groups excluding carboxylic acids is 1. The topological polar surface area (TPSA) is 144 Å². The number of nitrogens with zero attached hydrogens (tertiary/aromatic N) is 4. The zero-order valence-electron chi connectivity index (χ0n) is 24.5. The van der Waals surface area contributed by atoms with Gasteiger partial charge in [-0.3, -0.25) is 25.6 Å². The smallest absolute Gasteiger partial charge is 0.280 e. The van der Waals surface area contributed by atoms with Crippen molar-refractivity contribution in [1.82, 2.24) is 25.6 Å². The van der Waals surface area contributed by atoms with Crippen molar-refractivity contribution in [1.29, 1.82) is 0 Å². The van der Waals surface area contributed by atoms with E-state index in [2.05, 4.69) is 44.5 Å². The molecule has 0 radical (unpaired) electrons. The van der Waals surface area contributed by atoms with Gasteiger partial charge in [0.05, 0.1) is 36.0 Å². The van der Waals surface area contributed by atoms with Gasteiger partial charge in [-0.15, -0.1) is 11.8 Å². The lowest BCUT2D eigenvalue weighted by molar-refractivity contribution is 0.0952. The largest absolute Gasteiger partial charge is 0.494 e. The summed E-state index contributed by atoms with van der Waals surface area (Å²) >= 11 is 1.34. The summed E-state index contributed by atoms with van der Waals surface area (Å²) in [4.78, 5) is 28.9. The Morgan fingerprint density at radius 1 is 1.21 bits per heavy atom. The van der Waals surface area contributed by atoms with Gasteiger partial charge in [-0.2, -0.15) is 0 Å². The van der Waals surface area contributed by atoms with E-state index in [1.165, 1.54) is 43.5 Å². The molecule has 1 amide bonds. The summed E-state index contributed by atoms with van der Waals surface area (Å²) in [6.07, 6.45) is 6.89.